The molecule has 0 aliphatic rings. The average molecular weight is 371 g/mol. The number of H-pyrrole nitrogens is 1. The van der Waals surface area contributed by atoms with Crippen molar-refractivity contribution < 1.29 is 19.0 Å². The van der Waals surface area contributed by atoms with Crippen molar-refractivity contribution in [3.63, 3.8) is 0 Å². The van der Waals surface area contributed by atoms with Crippen LogP contribution in [0, 0.1) is 10.6 Å². The second kappa shape index (κ2) is 7.70. The average Bonchev–Trinajstić information content (AvgIpc) is 2.99. The lowest BCUT2D eigenvalue weighted by atomic mass is 10.2. The molecule has 1 heterocycles. The number of aliphatic carboxylic acids is 1. The van der Waals surface area contributed by atoms with Crippen LogP contribution in [-0.4, -0.2) is 33.7 Å². The van der Waals surface area contributed by atoms with E-state index in [2.05, 4.69) is 15.3 Å². The summed E-state index contributed by atoms with van der Waals surface area (Å²) in [6.45, 7) is -0.519. The highest BCUT2D eigenvalue weighted by Gasteiger charge is 2.08. The number of nitrogens with zero attached hydrogens (tertiary/aromatic N) is 3. The van der Waals surface area contributed by atoms with Gasteiger partial charge in [0.05, 0.1) is 12.2 Å². The Balaban J connectivity index is 1.82. The van der Waals surface area contributed by atoms with Crippen molar-refractivity contribution in [2.75, 3.05) is 6.61 Å². The lowest BCUT2D eigenvalue weighted by Gasteiger charge is -2.06. The zero-order valence-corrected chi connectivity index (χ0v) is 14.1. The van der Waals surface area contributed by atoms with Crippen LogP contribution in [0.3, 0.4) is 0 Å². The highest BCUT2D eigenvalue weighted by molar-refractivity contribution is 7.71. The Morgan fingerprint density at radius 2 is 2.12 bits per heavy atom. The van der Waals surface area contributed by atoms with Gasteiger partial charge in [-0.1, -0.05) is 12.1 Å². The first-order valence-corrected chi connectivity index (χ1v) is 7.84. The van der Waals surface area contributed by atoms with Crippen LogP contribution in [0.1, 0.15) is 5.56 Å². The van der Waals surface area contributed by atoms with E-state index in [9.17, 15) is 14.3 Å². The van der Waals surface area contributed by atoms with E-state index in [1.54, 1.807) is 36.4 Å². The molecule has 7 nitrogen and oxygen atoms in total. The summed E-state index contributed by atoms with van der Waals surface area (Å²) in [5.41, 5.74) is 1.25. The maximum absolute atomic E-state index is 13.4. The largest absolute Gasteiger partial charge is 0.546 e. The maximum atomic E-state index is 13.4. The molecular weight excluding hydrogens is 359 g/mol. The first kappa shape index (κ1) is 17.5. The predicted molar refractivity (Wildman–Crippen MR) is 92.7 cm³/mol. The van der Waals surface area contributed by atoms with Crippen molar-refractivity contribution in [1.82, 2.24) is 14.9 Å². The lowest BCUT2D eigenvalue weighted by molar-refractivity contribution is -0.307. The van der Waals surface area contributed by atoms with Crippen LogP contribution in [0.5, 0.6) is 5.75 Å². The van der Waals surface area contributed by atoms with Gasteiger partial charge in [-0.2, -0.15) is 14.9 Å². The van der Waals surface area contributed by atoms with Crippen molar-refractivity contribution in [1.29, 1.82) is 0 Å². The van der Waals surface area contributed by atoms with Crippen molar-refractivity contribution >= 4 is 24.4 Å². The highest BCUT2D eigenvalue weighted by Crippen LogP contribution is 2.18. The number of hydrogen-bond acceptors (Lipinski definition) is 6. The molecule has 132 valence electrons. The van der Waals surface area contributed by atoms with Gasteiger partial charge < -0.3 is 14.6 Å². The summed E-state index contributed by atoms with van der Waals surface area (Å²) in [5.74, 6) is -0.916. The van der Waals surface area contributed by atoms with E-state index in [0.717, 1.165) is 5.56 Å². The molecule has 0 aliphatic heterocycles. The number of carbonyl (C=O) groups is 1. The minimum Gasteiger partial charge on any atom is -0.546 e. The Morgan fingerprint density at radius 1 is 1.35 bits per heavy atom. The van der Waals surface area contributed by atoms with Gasteiger partial charge in [0.1, 0.15) is 18.2 Å². The fourth-order valence-corrected chi connectivity index (χ4v) is 2.31. The second-order valence-corrected chi connectivity index (χ2v) is 5.54. The Hall–Kier alpha value is -3.33. The fraction of sp³-hybridized carbons (Fsp3) is 0.0588. The molecule has 2 aromatic carbocycles. The zero-order chi connectivity index (χ0) is 18.5. The van der Waals surface area contributed by atoms with Crippen molar-refractivity contribution in [2.45, 2.75) is 0 Å². The molecule has 0 atom stereocenters. The number of carboxylic acid groups (broad SMARTS) is 1. The molecule has 0 amide bonds. The van der Waals surface area contributed by atoms with Crippen LogP contribution < -0.4 is 9.84 Å². The van der Waals surface area contributed by atoms with Gasteiger partial charge in [-0.15, -0.1) is 0 Å². The number of benzene rings is 2. The summed E-state index contributed by atoms with van der Waals surface area (Å²) < 4.78 is 20.1. The number of aromatic nitrogens is 3. The Labute approximate surface area is 152 Å². The predicted octanol–water partition coefficient (Wildman–Crippen LogP) is 1.76. The number of ether oxygens (including phenoxy) is 1. The van der Waals surface area contributed by atoms with Gasteiger partial charge in [0.2, 0.25) is 4.77 Å². The summed E-state index contributed by atoms with van der Waals surface area (Å²) >= 11 is 5.16. The number of nitrogens with one attached hydrogen (secondary N) is 1. The molecule has 3 aromatic rings. The molecule has 0 fully saturated rings. The topological polar surface area (TPSA) is 95.3 Å². The van der Waals surface area contributed by atoms with Gasteiger partial charge in [-0.3, -0.25) is 0 Å². The minimum atomic E-state index is -1.30. The Morgan fingerprint density at radius 3 is 2.81 bits per heavy atom. The van der Waals surface area contributed by atoms with Crippen LogP contribution in [0.15, 0.2) is 53.6 Å². The van der Waals surface area contributed by atoms with Gasteiger partial charge in [0.25, 0.3) is 0 Å². The van der Waals surface area contributed by atoms with E-state index in [-0.39, 0.29) is 10.6 Å². The number of hydrogen-bond donors (Lipinski definition) is 1. The Bertz CT molecular complexity index is 1010. The molecular formula is C17H12FN4O3S-. The van der Waals surface area contributed by atoms with Crippen molar-refractivity contribution in [3.05, 3.63) is 64.7 Å². The summed E-state index contributed by atoms with van der Waals surface area (Å²) in [7, 11) is 0. The number of halogens is 1. The number of aromatic amines is 1. The van der Waals surface area contributed by atoms with E-state index in [1.165, 1.54) is 23.0 Å². The third-order valence-electron chi connectivity index (χ3n) is 3.29. The maximum Gasteiger partial charge on any atom is 0.216 e. The molecule has 0 unspecified atom stereocenters. The molecule has 0 saturated heterocycles. The zero-order valence-electron chi connectivity index (χ0n) is 13.3. The summed E-state index contributed by atoms with van der Waals surface area (Å²) in [5, 5.41) is 21.3. The van der Waals surface area contributed by atoms with Crippen LogP contribution in [0.4, 0.5) is 4.39 Å². The molecule has 0 bridgehead atoms. The third-order valence-corrected chi connectivity index (χ3v) is 3.56. The van der Waals surface area contributed by atoms with Crippen LogP contribution >= 0.6 is 12.2 Å². The molecule has 0 aliphatic carbocycles. The summed E-state index contributed by atoms with van der Waals surface area (Å²) in [6.07, 6.45) is 1.54. The van der Waals surface area contributed by atoms with Gasteiger partial charge in [-0.25, -0.2) is 9.49 Å². The first-order valence-electron chi connectivity index (χ1n) is 7.43. The van der Waals surface area contributed by atoms with Crippen molar-refractivity contribution in [3.8, 4) is 17.1 Å². The number of carboxylic acids is 1. The number of rotatable bonds is 6. The molecule has 0 radical (unpaired) electrons. The standard InChI is InChI=1S/C17H13FN4O3S/c18-13-3-1-2-12(8-13)16-20-21-17(26)22(16)19-9-11-4-6-14(7-5-11)25-10-15(23)24/h1-9H,10H2,(H,21,26)(H,23,24)/p-1/b19-9-. The molecule has 26 heavy (non-hydrogen) atoms. The van der Waals surface area contributed by atoms with Crippen LogP contribution in [0.25, 0.3) is 11.4 Å². The summed E-state index contributed by atoms with van der Waals surface area (Å²) in [4.78, 5) is 10.4. The van der Waals surface area contributed by atoms with E-state index in [4.69, 9.17) is 17.0 Å². The quantitative estimate of drug-likeness (QED) is 0.526. The molecule has 0 spiro atoms. The molecule has 0 saturated carbocycles. The van der Waals surface area contributed by atoms with Crippen LogP contribution in [-0.2, 0) is 4.79 Å². The van der Waals surface area contributed by atoms with Gasteiger partial charge in [-0.05, 0) is 54.2 Å². The summed E-state index contributed by atoms with van der Waals surface area (Å²) in [6, 6.07) is 12.5. The van der Waals surface area contributed by atoms with Gasteiger partial charge in [0, 0.05) is 5.56 Å². The molecule has 3 rings (SSSR count). The van der Waals surface area contributed by atoms with Gasteiger partial charge in [0.15, 0.2) is 5.82 Å². The second-order valence-electron chi connectivity index (χ2n) is 5.15. The lowest BCUT2D eigenvalue weighted by Crippen LogP contribution is -2.28. The van der Waals surface area contributed by atoms with E-state index in [1.807, 2.05) is 0 Å². The molecule has 1 aromatic heterocycles. The number of carbonyl (C=O) groups excluding carboxylic acids is 1. The normalized spacial score (nSPS) is 11.0. The van der Waals surface area contributed by atoms with E-state index >= 15 is 0 Å². The van der Waals surface area contributed by atoms with Gasteiger partial charge >= 0.3 is 0 Å². The molecule has 1 N–H and O–H groups in total. The third kappa shape index (κ3) is 4.19. The SMILES string of the molecule is O=C([O-])COc1ccc(/C=N\n2c(-c3cccc(F)c3)n[nH]c2=S)cc1. The fourth-order valence-electron chi connectivity index (χ4n) is 2.13. The monoisotopic (exact) mass is 371 g/mol. The van der Waals surface area contributed by atoms with Crippen LogP contribution in [0.2, 0.25) is 0 Å². The molecule has 9 heteroatoms. The Kier molecular flexibility index (Phi) is 5.18. The van der Waals surface area contributed by atoms with Crippen molar-refractivity contribution in [2.24, 2.45) is 5.10 Å². The van der Waals surface area contributed by atoms with E-state index in [0.29, 0.717) is 17.1 Å². The smallest absolute Gasteiger partial charge is 0.216 e. The highest BCUT2D eigenvalue weighted by atomic mass is 32.1. The van der Waals surface area contributed by atoms with E-state index < -0.39 is 12.6 Å². The minimum absolute atomic E-state index is 0.259. The first-order chi connectivity index (χ1) is 12.5.